The van der Waals surface area contributed by atoms with Crippen LogP contribution in [0.5, 0.6) is 0 Å². The van der Waals surface area contributed by atoms with Crippen LogP contribution in [0, 0.1) is 5.92 Å². The van der Waals surface area contributed by atoms with Crippen molar-refractivity contribution in [2.75, 3.05) is 7.05 Å². The predicted molar refractivity (Wildman–Crippen MR) is 43.3 cm³/mol. The first-order valence-corrected chi connectivity index (χ1v) is 5.22. The molecule has 0 aliphatic heterocycles. The van der Waals surface area contributed by atoms with Gasteiger partial charge in [-0.05, 0) is 18.8 Å². The van der Waals surface area contributed by atoms with Crippen molar-refractivity contribution >= 4 is 10.2 Å². The lowest BCUT2D eigenvalue weighted by Gasteiger charge is -2.32. The number of hydrogen-bond acceptors (Lipinski definition) is 2. The molecule has 1 fully saturated rings. The molecule has 2 N–H and O–H groups in total. The summed E-state index contributed by atoms with van der Waals surface area (Å²) in [6.45, 7) is 2.12. The Morgan fingerprint density at radius 3 is 2.27 bits per heavy atom. The summed E-state index contributed by atoms with van der Waals surface area (Å²) < 4.78 is 26.5. The topological polar surface area (TPSA) is 58.2 Å². The van der Waals surface area contributed by atoms with Crippen molar-refractivity contribution in [1.82, 2.24) is 9.44 Å². The van der Waals surface area contributed by atoms with Gasteiger partial charge >= 0.3 is 0 Å². The molecular formula is C6H14N2O2S. The van der Waals surface area contributed by atoms with Gasteiger partial charge in [0.05, 0.1) is 0 Å². The van der Waals surface area contributed by atoms with Gasteiger partial charge < -0.3 is 0 Å². The molecule has 11 heavy (non-hydrogen) atoms. The van der Waals surface area contributed by atoms with E-state index in [9.17, 15) is 8.42 Å². The molecule has 0 unspecified atom stereocenters. The molecule has 0 radical (unpaired) electrons. The molecule has 1 aliphatic carbocycles. The fourth-order valence-electron chi connectivity index (χ4n) is 1.28. The van der Waals surface area contributed by atoms with E-state index in [1.54, 1.807) is 0 Å². The van der Waals surface area contributed by atoms with E-state index in [2.05, 4.69) is 16.4 Å². The van der Waals surface area contributed by atoms with Gasteiger partial charge in [-0.1, -0.05) is 6.92 Å². The van der Waals surface area contributed by atoms with Gasteiger partial charge in [-0.15, -0.1) is 0 Å². The van der Waals surface area contributed by atoms with Crippen molar-refractivity contribution in [2.45, 2.75) is 25.8 Å². The molecule has 1 rings (SSSR count). The van der Waals surface area contributed by atoms with Gasteiger partial charge in [-0.25, -0.2) is 4.72 Å². The van der Waals surface area contributed by atoms with E-state index < -0.39 is 10.2 Å². The van der Waals surface area contributed by atoms with Crippen LogP contribution < -0.4 is 9.44 Å². The lowest BCUT2D eigenvalue weighted by molar-refractivity contribution is 0.270. The minimum absolute atomic E-state index is 0.155. The van der Waals surface area contributed by atoms with Crippen molar-refractivity contribution in [1.29, 1.82) is 0 Å². The Hall–Kier alpha value is -0.130. The monoisotopic (exact) mass is 178 g/mol. The Labute approximate surface area is 67.6 Å². The molecule has 1 saturated carbocycles. The Balaban J connectivity index is 2.33. The quantitative estimate of drug-likeness (QED) is 0.631. The number of rotatable bonds is 3. The van der Waals surface area contributed by atoms with Crippen LogP contribution in [0.3, 0.4) is 0 Å². The van der Waals surface area contributed by atoms with Crippen LogP contribution in [-0.4, -0.2) is 21.5 Å². The van der Waals surface area contributed by atoms with Crippen LogP contribution in [0.2, 0.25) is 0 Å². The first kappa shape index (κ1) is 8.96. The lowest BCUT2D eigenvalue weighted by atomic mass is 9.83. The highest BCUT2D eigenvalue weighted by atomic mass is 32.2. The van der Waals surface area contributed by atoms with Crippen LogP contribution in [0.25, 0.3) is 0 Å². The molecule has 0 amide bonds. The van der Waals surface area contributed by atoms with Crippen LogP contribution in [-0.2, 0) is 10.2 Å². The predicted octanol–water partition coefficient (Wildman–Crippen LogP) is -0.161. The second-order valence-corrected chi connectivity index (χ2v) is 4.75. The Morgan fingerprint density at radius 1 is 1.36 bits per heavy atom. The molecule has 0 saturated heterocycles. The third-order valence-corrected chi connectivity index (χ3v) is 3.15. The van der Waals surface area contributed by atoms with Crippen LogP contribution in [0.1, 0.15) is 19.8 Å². The number of nitrogens with one attached hydrogen (secondary N) is 2. The molecule has 0 spiro atoms. The zero-order chi connectivity index (χ0) is 8.48. The summed E-state index contributed by atoms with van der Waals surface area (Å²) >= 11 is 0. The van der Waals surface area contributed by atoms with Crippen molar-refractivity contribution in [3.63, 3.8) is 0 Å². The maximum absolute atomic E-state index is 10.9. The Kier molecular flexibility index (Phi) is 2.51. The largest absolute Gasteiger partial charge is 0.276 e. The molecule has 66 valence electrons. The summed E-state index contributed by atoms with van der Waals surface area (Å²) in [6, 6.07) is 0.155. The maximum Gasteiger partial charge on any atom is 0.276 e. The minimum atomic E-state index is -3.20. The van der Waals surface area contributed by atoms with Gasteiger partial charge in [-0.3, -0.25) is 0 Å². The molecule has 0 heterocycles. The van der Waals surface area contributed by atoms with Crippen LogP contribution in [0.15, 0.2) is 0 Å². The highest BCUT2D eigenvalue weighted by molar-refractivity contribution is 7.87. The molecule has 0 aromatic carbocycles. The lowest BCUT2D eigenvalue weighted by Crippen LogP contribution is -2.47. The van der Waals surface area contributed by atoms with Gasteiger partial charge in [0.1, 0.15) is 0 Å². The Bertz CT molecular complexity index is 219. The second-order valence-electron chi connectivity index (χ2n) is 3.10. The van der Waals surface area contributed by atoms with Gasteiger partial charge in [0, 0.05) is 13.1 Å². The van der Waals surface area contributed by atoms with Crippen molar-refractivity contribution in [3.05, 3.63) is 0 Å². The van der Waals surface area contributed by atoms with Crippen molar-refractivity contribution in [2.24, 2.45) is 5.92 Å². The fraction of sp³-hybridized carbons (Fsp3) is 1.00. The molecule has 0 atom stereocenters. The molecule has 1 aliphatic rings. The molecular weight excluding hydrogens is 164 g/mol. The SMILES string of the molecule is CNS(=O)(=O)NC1CC(C)C1. The second kappa shape index (κ2) is 3.08. The van der Waals surface area contributed by atoms with E-state index in [1.165, 1.54) is 7.05 Å². The zero-order valence-electron chi connectivity index (χ0n) is 6.79. The van der Waals surface area contributed by atoms with Gasteiger partial charge in [-0.2, -0.15) is 13.1 Å². The van der Waals surface area contributed by atoms with E-state index in [0.717, 1.165) is 12.8 Å². The standard InChI is InChI=1S/C6H14N2O2S/c1-5-3-6(4-5)8-11(9,10)7-2/h5-8H,3-4H2,1-2H3. The van der Waals surface area contributed by atoms with E-state index in [-0.39, 0.29) is 6.04 Å². The molecule has 4 nitrogen and oxygen atoms in total. The molecule has 0 aromatic rings. The zero-order valence-corrected chi connectivity index (χ0v) is 7.61. The maximum atomic E-state index is 10.9. The average Bonchev–Trinajstić information content (AvgIpc) is 1.84. The fourth-order valence-corrected chi connectivity index (χ4v) is 2.03. The normalized spacial score (nSPS) is 31.5. The number of hydrogen-bond donors (Lipinski definition) is 2. The highest BCUT2D eigenvalue weighted by Crippen LogP contribution is 2.26. The molecule has 5 heteroatoms. The van der Waals surface area contributed by atoms with Crippen molar-refractivity contribution in [3.8, 4) is 0 Å². The highest BCUT2D eigenvalue weighted by Gasteiger charge is 2.28. The van der Waals surface area contributed by atoms with Crippen molar-refractivity contribution < 1.29 is 8.42 Å². The smallest absolute Gasteiger partial charge is 0.205 e. The average molecular weight is 178 g/mol. The summed E-state index contributed by atoms with van der Waals surface area (Å²) in [4.78, 5) is 0. The molecule has 0 aromatic heterocycles. The van der Waals surface area contributed by atoms with Crippen LogP contribution >= 0.6 is 0 Å². The summed E-state index contributed by atoms with van der Waals surface area (Å²) in [5.74, 6) is 0.666. The first-order valence-electron chi connectivity index (χ1n) is 3.74. The summed E-state index contributed by atoms with van der Waals surface area (Å²) in [7, 11) is -1.80. The third kappa shape index (κ3) is 2.43. The van der Waals surface area contributed by atoms with E-state index in [1.807, 2.05) is 0 Å². The van der Waals surface area contributed by atoms with E-state index in [4.69, 9.17) is 0 Å². The van der Waals surface area contributed by atoms with Crippen LogP contribution in [0.4, 0.5) is 0 Å². The van der Waals surface area contributed by atoms with E-state index >= 15 is 0 Å². The Morgan fingerprint density at radius 2 is 1.91 bits per heavy atom. The molecule has 0 bridgehead atoms. The van der Waals surface area contributed by atoms with Gasteiger partial charge in [0.15, 0.2) is 0 Å². The minimum Gasteiger partial charge on any atom is -0.205 e. The summed E-state index contributed by atoms with van der Waals surface area (Å²) in [5.41, 5.74) is 0. The van der Waals surface area contributed by atoms with Gasteiger partial charge in [0.25, 0.3) is 10.2 Å². The summed E-state index contributed by atoms with van der Waals surface area (Å²) in [5, 5.41) is 0. The van der Waals surface area contributed by atoms with E-state index in [0.29, 0.717) is 5.92 Å². The summed E-state index contributed by atoms with van der Waals surface area (Å²) in [6.07, 6.45) is 1.92. The first-order chi connectivity index (χ1) is 5.03. The van der Waals surface area contributed by atoms with Gasteiger partial charge in [0.2, 0.25) is 0 Å². The third-order valence-electron chi connectivity index (χ3n) is 1.96.